The molecule has 2 aromatic rings. The predicted molar refractivity (Wildman–Crippen MR) is 83.0 cm³/mol. The van der Waals surface area contributed by atoms with Crippen molar-refractivity contribution in [2.75, 3.05) is 13.1 Å². The van der Waals surface area contributed by atoms with Crippen LogP contribution in [-0.2, 0) is 7.05 Å². The van der Waals surface area contributed by atoms with Crippen LogP contribution in [0.3, 0.4) is 0 Å². The van der Waals surface area contributed by atoms with Crippen molar-refractivity contribution >= 4 is 0 Å². The Kier molecular flexibility index (Phi) is 3.62. The fourth-order valence-electron chi connectivity index (χ4n) is 3.22. The van der Waals surface area contributed by atoms with E-state index in [0.717, 1.165) is 13.1 Å². The van der Waals surface area contributed by atoms with Gasteiger partial charge in [-0.25, -0.2) is 0 Å². The van der Waals surface area contributed by atoms with E-state index in [-0.39, 0.29) is 0 Å². The van der Waals surface area contributed by atoms with Gasteiger partial charge in [-0.2, -0.15) is 5.10 Å². The summed E-state index contributed by atoms with van der Waals surface area (Å²) in [6.45, 7) is 6.53. The molecule has 1 aromatic carbocycles. The van der Waals surface area contributed by atoms with Crippen molar-refractivity contribution in [1.82, 2.24) is 15.1 Å². The van der Waals surface area contributed by atoms with Crippen LogP contribution in [0.25, 0.3) is 11.1 Å². The van der Waals surface area contributed by atoms with Crippen LogP contribution in [0.2, 0.25) is 0 Å². The molecule has 20 heavy (non-hydrogen) atoms. The highest BCUT2D eigenvalue weighted by Gasteiger charge is 2.22. The molecular formula is C17H23N3. The number of aryl methyl sites for hydroxylation is 3. The number of piperidine rings is 1. The molecule has 1 saturated heterocycles. The highest BCUT2D eigenvalue weighted by Crippen LogP contribution is 2.33. The first kappa shape index (κ1) is 13.4. The molecular weight excluding hydrogens is 246 g/mol. The molecule has 1 aromatic heterocycles. The van der Waals surface area contributed by atoms with Gasteiger partial charge in [-0.3, -0.25) is 4.68 Å². The third-order valence-corrected chi connectivity index (χ3v) is 4.21. The first-order valence-corrected chi connectivity index (χ1v) is 7.47. The monoisotopic (exact) mass is 269 g/mol. The minimum absolute atomic E-state index is 0.542. The van der Waals surface area contributed by atoms with Crippen LogP contribution in [0, 0.1) is 13.8 Å². The molecule has 3 rings (SSSR count). The summed E-state index contributed by atoms with van der Waals surface area (Å²) in [6, 6.07) is 6.69. The number of hydrogen-bond acceptors (Lipinski definition) is 2. The van der Waals surface area contributed by atoms with Gasteiger partial charge in [0.1, 0.15) is 0 Å². The molecule has 0 bridgehead atoms. The van der Waals surface area contributed by atoms with Crippen LogP contribution in [0.1, 0.15) is 35.6 Å². The number of nitrogens with zero attached hydrogens (tertiary/aromatic N) is 2. The first-order valence-electron chi connectivity index (χ1n) is 7.47. The van der Waals surface area contributed by atoms with Crippen LogP contribution < -0.4 is 5.32 Å². The molecule has 0 aliphatic carbocycles. The molecule has 0 radical (unpaired) electrons. The quantitative estimate of drug-likeness (QED) is 0.907. The number of rotatable bonds is 2. The largest absolute Gasteiger partial charge is 0.316 e. The SMILES string of the molecule is Cc1ccc(-c2cn(C)nc2C2CCCNC2)c(C)c1. The first-order chi connectivity index (χ1) is 9.65. The molecule has 1 atom stereocenters. The molecule has 0 amide bonds. The molecule has 2 heterocycles. The van der Waals surface area contributed by atoms with Gasteiger partial charge in [0.2, 0.25) is 0 Å². The molecule has 1 aliphatic heterocycles. The summed E-state index contributed by atoms with van der Waals surface area (Å²) in [7, 11) is 2.02. The summed E-state index contributed by atoms with van der Waals surface area (Å²) >= 11 is 0. The zero-order chi connectivity index (χ0) is 14.1. The number of nitrogens with one attached hydrogen (secondary N) is 1. The zero-order valence-corrected chi connectivity index (χ0v) is 12.6. The standard InChI is InChI=1S/C17H23N3/c1-12-6-7-15(13(2)9-12)16-11-20(3)19-17(16)14-5-4-8-18-10-14/h6-7,9,11,14,18H,4-5,8,10H2,1-3H3. The summed E-state index contributed by atoms with van der Waals surface area (Å²) in [4.78, 5) is 0. The Balaban J connectivity index is 2.04. The molecule has 0 spiro atoms. The van der Waals surface area contributed by atoms with Crippen molar-refractivity contribution in [2.24, 2.45) is 7.05 Å². The third-order valence-electron chi connectivity index (χ3n) is 4.21. The molecule has 3 nitrogen and oxygen atoms in total. The van der Waals surface area contributed by atoms with Crippen LogP contribution in [0.4, 0.5) is 0 Å². The smallest absolute Gasteiger partial charge is 0.0746 e. The lowest BCUT2D eigenvalue weighted by molar-refractivity contribution is 0.452. The molecule has 1 unspecified atom stereocenters. The van der Waals surface area contributed by atoms with Gasteiger partial charge < -0.3 is 5.32 Å². The Morgan fingerprint density at radius 1 is 1.25 bits per heavy atom. The molecule has 0 saturated carbocycles. The lowest BCUT2D eigenvalue weighted by atomic mass is 9.90. The van der Waals surface area contributed by atoms with E-state index in [2.05, 4.69) is 43.6 Å². The number of hydrogen-bond donors (Lipinski definition) is 1. The topological polar surface area (TPSA) is 29.9 Å². The highest BCUT2D eigenvalue weighted by molar-refractivity contribution is 5.70. The van der Waals surface area contributed by atoms with Gasteiger partial charge in [-0.15, -0.1) is 0 Å². The van der Waals surface area contributed by atoms with Crippen molar-refractivity contribution in [3.05, 3.63) is 41.2 Å². The Morgan fingerprint density at radius 3 is 2.80 bits per heavy atom. The number of benzene rings is 1. The van der Waals surface area contributed by atoms with Crippen LogP contribution in [0.15, 0.2) is 24.4 Å². The second-order valence-electron chi connectivity index (χ2n) is 5.96. The van der Waals surface area contributed by atoms with E-state index in [4.69, 9.17) is 5.10 Å². The Labute approximate surface area is 121 Å². The second kappa shape index (κ2) is 5.41. The predicted octanol–water partition coefficient (Wildman–Crippen LogP) is 3.17. The highest BCUT2D eigenvalue weighted by atomic mass is 15.3. The Morgan fingerprint density at radius 2 is 2.10 bits per heavy atom. The summed E-state index contributed by atoms with van der Waals surface area (Å²) in [5, 5.41) is 8.25. The van der Waals surface area contributed by atoms with Crippen molar-refractivity contribution in [3.8, 4) is 11.1 Å². The normalized spacial score (nSPS) is 19.2. The lowest BCUT2D eigenvalue weighted by Crippen LogP contribution is -2.28. The van der Waals surface area contributed by atoms with E-state index in [1.165, 1.54) is 40.8 Å². The van der Waals surface area contributed by atoms with Crippen molar-refractivity contribution in [1.29, 1.82) is 0 Å². The van der Waals surface area contributed by atoms with Gasteiger partial charge in [0.05, 0.1) is 5.69 Å². The minimum atomic E-state index is 0.542. The van der Waals surface area contributed by atoms with Crippen LogP contribution >= 0.6 is 0 Å². The average molecular weight is 269 g/mol. The molecule has 3 heteroatoms. The average Bonchev–Trinajstić information content (AvgIpc) is 2.81. The third kappa shape index (κ3) is 2.50. The van der Waals surface area contributed by atoms with Gasteiger partial charge in [0.15, 0.2) is 0 Å². The van der Waals surface area contributed by atoms with Crippen molar-refractivity contribution < 1.29 is 0 Å². The summed E-state index contributed by atoms with van der Waals surface area (Å²) in [5.41, 5.74) is 6.54. The molecule has 1 aliphatic rings. The van der Waals surface area contributed by atoms with Gasteiger partial charge in [0.25, 0.3) is 0 Å². The van der Waals surface area contributed by atoms with Gasteiger partial charge >= 0.3 is 0 Å². The maximum Gasteiger partial charge on any atom is 0.0746 e. The Bertz CT molecular complexity index is 607. The minimum Gasteiger partial charge on any atom is -0.316 e. The summed E-state index contributed by atoms with van der Waals surface area (Å²) < 4.78 is 1.96. The molecule has 1 fully saturated rings. The van der Waals surface area contributed by atoms with Crippen molar-refractivity contribution in [2.45, 2.75) is 32.6 Å². The second-order valence-corrected chi connectivity index (χ2v) is 5.96. The zero-order valence-electron chi connectivity index (χ0n) is 12.6. The number of aromatic nitrogens is 2. The maximum absolute atomic E-state index is 4.75. The van der Waals surface area contributed by atoms with Crippen LogP contribution in [-0.4, -0.2) is 22.9 Å². The fraction of sp³-hybridized carbons (Fsp3) is 0.471. The van der Waals surface area contributed by atoms with Gasteiger partial charge in [0, 0.05) is 31.3 Å². The van der Waals surface area contributed by atoms with Gasteiger partial charge in [-0.05, 0) is 44.4 Å². The lowest BCUT2D eigenvalue weighted by Gasteiger charge is -2.22. The van der Waals surface area contributed by atoms with Gasteiger partial charge in [-0.1, -0.05) is 23.8 Å². The Hall–Kier alpha value is -1.61. The van der Waals surface area contributed by atoms with Crippen LogP contribution in [0.5, 0.6) is 0 Å². The maximum atomic E-state index is 4.75. The van der Waals surface area contributed by atoms with E-state index in [9.17, 15) is 0 Å². The summed E-state index contributed by atoms with van der Waals surface area (Å²) in [5.74, 6) is 0.542. The summed E-state index contributed by atoms with van der Waals surface area (Å²) in [6.07, 6.45) is 4.65. The van der Waals surface area contributed by atoms with E-state index < -0.39 is 0 Å². The van der Waals surface area contributed by atoms with E-state index in [0.29, 0.717) is 5.92 Å². The molecule has 1 N–H and O–H groups in total. The van der Waals surface area contributed by atoms with Crippen molar-refractivity contribution in [3.63, 3.8) is 0 Å². The molecule has 106 valence electrons. The van der Waals surface area contributed by atoms with E-state index in [1.54, 1.807) is 0 Å². The fourth-order valence-corrected chi connectivity index (χ4v) is 3.22. The van der Waals surface area contributed by atoms with E-state index >= 15 is 0 Å². The van der Waals surface area contributed by atoms with E-state index in [1.807, 2.05) is 11.7 Å².